The topological polar surface area (TPSA) is 77.4 Å². The van der Waals surface area contributed by atoms with Crippen molar-refractivity contribution in [3.8, 4) is 5.75 Å². The second-order valence-corrected chi connectivity index (χ2v) is 10.0. The number of benzene rings is 2. The van der Waals surface area contributed by atoms with Crippen molar-refractivity contribution in [3.63, 3.8) is 0 Å². The molecule has 0 saturated carbocycles. The van der Waals surface area contributed by atoms with Gasteiger partial charge in [0.2, 0.25) is 0 Å². The smallest absolute Gasteiger partial charge is 0.261 e. The Bertz CT molecular complexity index is 1310. The van der Waals surface area contributed by atoms with E-state index in [1.165, 1.54) is 22.8 Å². The zero-order valence-electron chi connectivity index (χ0n) is 16.3. The molecule has 30 heavy (non-hydrogen) atoms. The van der Waals surface area contributed by atoms with Crippen molar-refractivity contribution >= 4 is 37.3 Å². The van der Waals surface area contributed by atoms with Crippen molar-refractivity contribution in [2.75, 3.05) is 4.72 Å². The van der Waals surface area contributed by atoms with Crippen LogP contribution in [-0.2, 0) is 10.0 Å². The molecule has 0 bridgehead atoms. The van der Waals surface area contributed by atoms with Gasteiger partial charge in [-0.1, -0.05) is 22.0 Å². The fourth-order valence-electron chi connectivity index (χ4n) is 3.24. The summed E-state index contributed by atoms with van der Waals surface area (Å²) < 4.78 is 36.8. The van der Waals surface area contributed by atoms with Crippen LogP contribution in [0.15, 0.2) is 87.1 Å². The van der Waals surface area contributed by atoms with Gasteiger partial charge in [-0.15, -0.1) is 0 Å². The van der Waals surface area contributed by atoms with Crippen LogP contribution in [0.2, 0.25) is 0 Å². The molecule has 0 amide bonds. The molecule has 3 aromatic rings. The Morgan fingerprint density at radius 3 is 2.47 bits per heavy atom. The fourth-order valence-corrected chi connectivity index (χ4v) is 4.59. The lowest BCUT2D eigenvalue weighted by molar-refractivity contribution is 0.157. The van der Waals surface area contributed by atoms with Crippen LogP contribution in [-0.4, -0.2) is 18.6 Å². The molecular weight excluding hydrogens is 468 g/mol. The number of sulfonamides is 1. The Hall–Kier alpha value is -2.84. The van der Waals surface area contributed by atoms with Crippen LogP contribution in [0.1, 0.15) is 19.4 Å². The zero-order valence-corrected chi connectivity index (χ0v) is 18.7. The minimum Gasteiger partial charge on any atom is -0.483 e. The molecule has 8 heteroatoms. The normalized spacial score (nSPS) is 15.0. The molecule has 0 fully saturated rings. The number of nitrogens with one attached hydrogen (secondary N) is 1. The van der Waals surface area contributed by atoms with E-state index in [-0.39, 0.29) is 10.5 Å². The molecule has 6 nitrogen and oxygen atoms in total. The second-order valence-electron chi connectivity index (χ2n) is 7.41. The SMILES string of the molecule is CC1(C)C=C(n2ccccc2=O)c2cc(S(=O)(=O)Nc3ccc(Br)cc3)ccc2O1. The third kappa shape index (κ3) is 4.06. The summed E-state index contributed by atoms with van der Waals surface area (Å²) in [6.07, 6.45) is 3.47. The molecule has 2 aromatic carbocycles. The van der Waals surface area contributed by atoms with E-state index in [4.69, 9.17) is 4.74 Å². The quantitative estimate of drug-likeness (QED) is 0.589. The molecular formula is C22H19BrN2O4S. The standard InChI is InChI=1S/C22H19BrN2O4S/c1-22(2)14-19(25-12-4-3-5-21(25)26)18-13-17(10-11-20(18)29-22)30(27,28)24-16-8-6-15(23)7-9-16/h3-14,24H,1-2H3. The molecule has 4 rings (SSSR count). The van der Waals surface area contributed by atoms with Crippen molar-refractivity contribution in [1.29, 1.82) is 0 Å². The first-order chi connectivity index (χ1) is 14.1. The first-order valence-corrected chi connectivity index (χ1v) is 11.4. The molecule has 0 radical (unpaired) electrons. The number of aromatic nitrogens is 1. The molecule has 2 heterocycles. The average Bonchev–Trinajstić information content (AvgIpc) is 2.68. The molecule has 154 valence electrons. The van der Waals surface area contributed by atoms with Gasteiger partial charge in [0.25, 0.3) is 15.6 Å². The molecule has 1 N–H and O–H groups in total. The molecule has 0 saturated heterocycles. The fraction of sp³-hybridized carbons (Fsp3) is 0.136. The van der Waals surface area contributed by atoms with E-state index in [1.807, 2.05) is 19.9 Å². The lowest BCUT2D eigenvalue weighted by Gasteiger charge is -2.31. The van der Waals surface area contributed by atoms with Crippen molar-refractivity contribution < 1.29 is 13.2 Å². The van der Waals surface area contributed by atoms with Crippen molar-refractivity contribution in [3.05, 3.63) is 93.3 Å². The summed E-state index contributed by atoms with van der Waals surface area (Å²) in [6.45, 7) is 3.76. The number of hydrogen-bond donors (Lipinski definition) is 1. The third-order valence-corrected chi connectivity index (χ3v) is 6.48. The van der Waals surface area contributed by atoms with Gasteiger partial charge in [0.05, 0.1) is 10.6 Å². The summed E-state index contributed by atoms with van der Waals surface area (Å²) in [5, 5.41) is 0. The highest BCUT2D eigenvalue weighted by molar-refractivity contribution is 9.10. The average molecular weight is 487 g/mol. The molecule has 0 spiro atoms. The summed E-state index contributed by atoms with van der Waals surface area (Å²) in [5.74, 6) is 0.510. The highest BCUT2D eigenvalue weighted by atomic mass is 79.9. The summed E-state index contributed by atoms with van der Waals surface area (Å²) in [7, 11) is -3.84. The van der Waals surface area contributed by atoms with Crippen LogP contribution in [0.3, 0.4) is 0 Å². The monoisotopic (exact) mass is 486 g/mol. The molecule has 1 aliphatic rings. The van der Waals surface area contributed by atoms with Crippen molar-refractivity contribution in [2.24, 2.45) is 0 Å². The third-order valence-electron chi connectivity index (χ3n) is 4.57. The number of hydrogen-bond acceptors (Lipinski definition) is 4. The first kappa shape index (κ1) is 20.4. The van der Waals surface area contributed by atoms with E-state index < -0.39 is 15.6 Å². The van der Waals surface area contributed by atoms with Gasteiger partial charge in [-0.25, -0.2) is 8.42 Å². The first-order valence-electron chi connectivity index (χ1n) is 9.17. The number of nitrogens with zero attached hydrogens (tertiary/aromatic N) is 1. The van der Waals surface area contributed by atoms with Gasteiger partial charge in [0, 0.05) is 28.0 Å². The van der Waals surface area contributed by atoms with Gasteiger partial charge >= 0.3 is 0 Å². The summed E-state index contributed by atoms with van der Waals surface area (Å²) in [6, 6.07) is 16.3. The number of ether oxygens (including phenoxy) is 1. The largest absolute Gasteiger partial charge is 0.483 e. The number of halogens is 1. The van der Waals surface area contributed by atoms with E-state index >= 15 is 0 Å². The van der Waals surface area contributed by atoms with Crippen LogP contribution in [0.25, 0.3) is 5.70 Å². The van der Waals surface area contributed by atoms with Crippen molar-refractivity contribution in [1.82, 2.24) is 4.57 Å². The van der Waals surface area contributed by atoms with Crippen LogP contribution in [0, 0.1) is 0 Å². The van der Waals surface area contributed by atoms with E-state index in [0.717, 1.165) is 4.47 Å². The summed E-state index contributed by atoms with van der Waals surface area (Å²) in [4.78, 5) is 12.5. The number of anilines is 1. The van der Waals surface area contributed by atoms with Crippen LogP contribution in [0.5, 0.6) is 5.75 Å². The number of rotatable bonds is 4. The Morgan fingerprint density at radius 1 is 1.03 bits per heavy atom. The predicted molar refractivity (Wildman–Crippen MR) is 120 cm³/mol. The van der Waals surface area contributed by atoms with E-state index in [1.54, 1.807) is 48.7 Å². The number of pyridine rings is 1. The molecule has 0 aliphatic carbocycles. The highest BCUT2D eigenvalue weighted by Crippen LogP contribution is 2.37. The highest BCUT2D eigenvalue weighted by Gasteiger charge is 2.29. The Balaban J connectivity index is 1.80. The van der Waals surface area contributed by atoms with Gasteiger partial charge in [0.15, 0.2) is 0 Å². The predicted octanol–water partition coefficient (Wildman–Crippen LogP) is 4.47. The Kier molecular flexibility index (Phi) is 5.07. The minimum absolute atomic E-state index is 0.0716. The molecule has 0 unspecified atom stereocenters. The van der Waals surface area contributed by atoms with Gasteiger partial charge in [-0.05, 0) is 68.5 Å². The molecule has 1 aromatic heterocycles. The van der Waals surface area contributed by atoms with Crippen LogP contribution < -0.4 is 15.0 Å². The van der Waals surface area contributed by atoms with E-state index in [0.29, 0.717) is 22.7 Å². The van der Waals surface area contributed by atoms with E-state index in [9.17, 15) is 13.2 Å². The maximum Gasteiger partial charge on any atom is 0.261 e. The summed E-state index contributed by atoms with van der Waals surface area (Å²) >= 11 is 3.33. The minimum atomic E-state index is -3.84. The Labute approximate surface area is 183 Å². The zero-order chi connectivity index (χ0) is 21.5. The van der Waals surface area contributed by atoms with Gasteiger partial charge < -0.3 is 4.74 Å². The molecule has 0 atom stereocenters. The summed E-state index contributed by atoms with van der Waals surface area (Å²) in [5.41, 5.74) is 0.680. The lowest BCUT2D eigenvalue weighted by atomic mass is 9.99. The van der Waals surface area contributed by atoms with E-state index in [2.05, 4.69) is 20.7 Å². The van der Waals surface area contributed by atoms with Crippen LogP contribution in [0.4, 0.5) is 5.69 Å². The van der Waals surface area contributed by atoms with Gasteiger partial charge in [-0.2, -0.15) is 0 Å². The second kappa shape index (κ2) is 7.45. The maximum atomic E-state index is 13.0. The Morgan fingerprint density at radius 2 is 1.77 bits per heavy atom. The molecule has 1 aliphatic heterocycles. The van der Waals surface area contributed by atoms with Crippen LogP contribution >= 0.6 is 15.9 Å². The van der Waals surface area contributed by atoms with Gasteiger partial charge in [-0.3, -0.25) is 14.1 Å². The van der Waals surface area contributed by atoms with Gasteiger partial charge in [0.1, 0.15) is 11.4 Å². The number of fused-ring (bicyclic) bond motifs is 1. The lowest BCUT2D eigenvalue weighted by Crippen LogP contribution is -2.32. The maximum absolute atomic E-state index is 13.0. The van der Waals surface area contributed by atoms with Crippen molar-refractivity contribution in [2.45, 2.75) is 24.3 Å².